The normalized spacial score (nSPS) is 23.5. The smallest absolute Gasteiger partial charge is 0.241 e. The van der Waals surface area contributed by atoms with E-state index in [1.165, 1.54) is 11.1 Å². The van der Waals surface area contributed by atoms with Crippen molar-refractivity contribution in [3.8, 4) is 0 Å². The highest BCUT2D eigenvalue weighted by Gasteiger charge is 2.33. The molecule has 2 heterocycles. The van der Waals surface area contributed by atoms with Gasteiger partial charge in [-0.1, -0.05) is 48.5 Å². The number of nitrogens with two attached hydrogens (primary N) is 1. The number of amides is 1. The molecule has 1 fully saturated rings. The quantitative estimate of drug-likeness (QED) is 0.941. The Bertz CT molecular complexity index is 731. The Hall–Kier alpha value is -2.17. The highest BCUT2D eigenvalue weighted by molar-refractivity contribution is 5.96. The van der Waals surface area contributed by atoms with Crippen LogP contribution in [0, 0.1) is 0 Å². The summed E-state index contributed by atoms with van der Waals surface area (Å²) in [6.45, 7) is 2.87. The van der Waals surface area contributed by atoms with Crippen molar-refractivity contribution in [2.75, 3.05) is 31.1 Å². The first-order valence-corrected chi connectivity index (χ1v) is 8.63. The van der Waals surface area contributed by atoms with E-state index >= 15 is 0 Å². The van der Waals surface area contributed by atoms with Crippen LogP contribution in [0.15, 0.2) is 54.6 Å². The van der Waals surface area contributed by atoms with Crippen LogP contribution in [-0.2, 0) is 11.2 Å². The van der Waals surface area contributed by atoms with Gasteiger partial charge in [-0.15, -0.1) is 0 Å². The lowest BCUT2D eigenvalue weighted by atomic mass is 9.95. The zero-order chi connectivity index (χ0) is 16.5. The second-order valence-corrected chi connectivity index (χ2v) is 6.80. The summed E-state index contributed by atoms with van der Waals surface area (Å²) in [4.78, 5) is 16.9. The molecule has 2 N–H and O–H groups in total. The number of likely N-dealkylation sites (tertiary alicyclic amines) is 1. The molecule has 124 valence electrons. The molecular formula is C20H23N3O. The predicted octanol–water partition coefficient (Wildman–Crippen LogP) is 2.00. The van der Waals surface area contributed by atoms with Gasteiger partial charge in [0.25, 0.3) is 0 Å². The van der Waals surface area contributed by atoms with Gasteiger partial charge in [-0.3, -0.25) is 9.69 Å². The molecule has 0 unspecified atom stereocenters. The SMILES string of the molecule is N[C@@H]1CN(CC(=O)N2CCc3ccccc32)C[C@H]1c1ccccc1. The molecule has 4 heteroatoms. The molecule has 0 bridgehead atoms. The van der Waals surface area contributed by atoms with Gasteiger partial charge >= 0.3 is 0 Å². The fourth-order valence-corrected chi connectivity index (χ4v) is 3.97. The van der Waals surface area contributed by atoms with Gasteiger partial charge in [-0.25, -0.2) is 0 Å². The first-order valence-electron chi connectivity index (χ1n) is 8.63. The van der Waals surface area contributed by atoms with Crippen LogP contribution >= 0.6 is 0 Å². The number of nitrogens with zero attached hydrogens (tertiary/aromatic N) is 2. The van der Waals surface area contributed by atoms with E-state index in [9.17, 15) is 4.79 Å². The van der Waals surface area contributed by atoms with Crippen LogP contribution in [0.3, 0.4) is 0 Å². The molecule has 0 aliphatic carbocycles. The molecule has 4 rings (SSSR count). The number of carbonyl (C=O) groups excluding carboxylic acids is 1. The number of hydrogen-bond acceptors (Lipinski definition) is 3. The lowest BCUT2D eigenvalue weighted by Gasteiger charge is -2.21. The third kappa shape index (κ3) is 2.83. The highest BCUT2D eigenvalue weighted by Crippen LogP contribution is 2.29. The van der Waals surface area contributed by atoms with Crippen LogP contribution in [0.5, 0.6) is 0 Å². The first-order chi connectivity index (χ1) is 11.7. The van der Waals surface area contributed by atoms with Gasteiger partial charge in [-0.2, -0.15) is 0 Å². The standard InChI is InChI=1S/C20H23N3O/c21-18-13-22(12-17(18)15-6-2-1-3-7-15)14-20(24)23-11-10-16-8-4-5-9-19(16)23/h1-9,17-18H,10-14,21H2/t17-,18+/m0/s1. The van der Waals surface area contributed by atoms with Gasteiger partial charge in [0, 0.05) is 37.3 Å². The minimum Gasteiger partial charge on any atom is -0.326 e. The summed E-state index contributed by atoms with van der Waals surface area (Å²) in [6, 6.07) is 18.7. The molecule has 0 saturated carbocycles. The van der Waals surface area contributed by atoms with E-state index in [4.69, 9.17) is 5.73 Å². The average Bonchev–Trinajstić information content (AvgIpc) is 3.19. The Labute approximate surface area is 142 Å². The lowest BCUT2D eigenvalue weighted by Crippen LogP contribution is -2.39. The molecule has 2 atom stereocenters. The minimum absolute atomic E-state index is 0.0889. The zero-order valence-corrected chi connectivity index (χ0v) is 13.8. The number of hydrogen-bond donors (Lipinski definition) is 1. The Morgan fingerprint density at radius 3 is 2.62 bits per heavy atom. The number of carbonyl (C=O) groups is 1. The van der Waals surface area contributed by atoms with E-state index in [1.54, 1.807) is 0 Å². The van der Waals surface area contributed by atoms with Gasteiger partial charge in [0.1, 0.15) is 0 Å². The van der Waals surface area contributed by atoms with Gasteiger partial charge < -0.3 is 10.6 Å². The van der Waals surface area contributed by atoms with E-state index in [-0.39, 0.29) is 11.9 Å². The molecule has 4 nitrogen and oxygen atoms in total. The molecule has 1 saturated heterocycles. The summed E-state index contributed by atoms with van der Waals surface area (Å²) < 4.78 is 0. The summed E-state index contributed by atoms with van der Waals surface area (Å²) in [5, 5.41) is 0. The van der Waals surface area contributed by atoms with Crippen molar-refractivity contribution < 1.29 is 4.79 Å². The van der Waals surface area contributed by atoms with Crippen molar-refractivity contribution in [1.29, 1.82) is 0 Å². The Morgan fingerprint density at radius 1 is 1.04 bits per heavy atom. The maximum absolute atomic E-state index is 12.8. The van der Waals surface area contributed by atoms with Gasteiger partial charge in [-0.05, 0) is 23.6 Å². The maximum Gasteiger partial charge on any atom is 0.241 e. The molecular weight excluding hydrogens is 298 g/mol. The van der Waals surface area contributed by atoms with Crippen molar-refractivity contribution in [1.82, 2.24) is 4.90 Å². The van der Waals surface area contributed by atoms with Crippen LogP contribution in [0.25, 0.3) is 0 Å². The third-order valence-corrected chi connectivity index (χ3v) is 5.22. The molecule has 0 aromatic heterocycles. The fraction of sp³-hybridized carbons (Fsp3) is 0.350. The Balaban J connectivity index is 1.43. The van der Waals surface area contributed by atoms with Crippen molar-refractivity contribution in [3.63, 3.8) is 0 Å². The fourth-order valence-electron chi connectivity index (χ4n) is 3.97. The minimum atomic E-state index is 0.0889. The number of benzene rings is 2. The Morgan fingerprint density at radius 2 is 1.79 bits per heavy atom. The molecule has 2 aromatic carbocycles. The van der Waals surface area contributed by atoms with Crippen LogP contribution in [-0.4, -0.2) is 43.0 Å². The van der Waals surface area contributed by atoms with Crippen LogP contribution in [0.4, 0.5) is 5.69 Å². The number of fused-ring (bicyclic) bond motifs is 1. The zero-order valence-electron chi connectivity index (χ0n) is 13.8. The molecule has 1 amide bonds. The first kappa shape index (κ1) is 15.4. The van der Waals surface area contributed by atoms with E-state index in [1.807, 2.05) is 29.2 Å². The summed E-state index contributed by atoms with van der Waals surface area (Å²) in [5.41, 5.74) is 9.95. The lowest BCUT2D eigenvalue weighted by molar-refractivity contribution is -0.119. The van der Waals surface area contributed by atoms with E-state index in [0.29, 0.717) is 12.5 Å². The molecule has 2 aromatic rings. The largest absolute Gasteiger partial charge is 0.326 e. The topological polar surface area (TPSA) is 49.6 Å². The molecule has 2 aliphatic heterocycles. The number of para-hydroxylation sites is 1. The van der Waals surface area contributed by atoms with Gasteiger partial charge in [0.2, 0.25) is 5.91 Å². The molecule has 0 spiro atoms. The number of rotatable bonds is 3. The van der Waals surface area contributed by atoms with E-state index in [0.717, 1.165) is 31.7 Å². The average molecular weight is 321 g/mol. The second kappa shape index (κ2) is 6.38. The number of anilines is 1. The molecule has 0 radical (unpaired) electrons. The van der Waals surface area contributed by atoms with Gasteiger partial charge in [0.15, 0.2) is 0 Å². The van der Waals surface area contributed by atoms with Gasteiger partial charge in [0.05, 0.1) is 6.54 Å². The van der Waals surface area contributed by atoms with Crippen LogP contribution in [0.2, 0.25) is 0 Å². The van der Waals surface area contributed by atoms with Crippen molar-refractivity contribution in [3.05, 3.63) is 65.7 Å². The van der Waals surface area contributed by atoms with E-state index in [2.05, 4.69) is 35.2 Å². The molecule has 24 heavy (non-hydrogen) atoms. The molecule has 2 aliphatic rings. The van der Waals surface area contributed by atoms with E-state index < -0.39 is 0 Å². The van der Waals surface area contributed by atoms with Crippen LogP contribution in [0.1, 0.15) is 17.0 Å². The predicted molar refractivity (Wildman–Crippen MR) is 96.1 cm³/mol. The van der Waals surface area contributed by atoms with Crippen molar-refractivity contribution in [2.24, 2.45) is 5.73 Å². The second-order valence-electron chi connectivity index (χ2n) is 6.80. The Kier molecular flexibility index (Phi) is 4.08. The summed E-state index contributed by atoms with van der Waals surface area (Å²) in [5.74, 6) is 0.491. The maximum atomic E-state index is 12.8. The highest BCUT2D eigenvalue weighted by atomic mass is 16.2. The summed E-state index contributed by atoms with van der Waals surface area (Å²) >= 11 is 0. The van der Waals surface area contributed by atoms with Crippen LogP contribution < -0.4 is 10.6 Å². The third-order valence-electron chi connectivity index (χ3n) is 5.22. The summed E-state index contributed by atoms with van der Waals surface area (Å²) in [7, 11) is 0. The van der Waals surface area contributed by atoms with Crippen molar-refractivity contribution in [2.45, 2.75) is 18.4 Å². The summed E-state index contributed by atoms with van der Waals surface area (Å²) in [6.07, 6.45) is 0.952. The monoisotopic (exact) mass is 321 g/mol. The van der Waals surface area contributed by atoms with Crippen molar-refractivity contribution >= 4 is 11.6 Å².